The molecule has 1 atom stereocenters. The first-order valence-electron chi connectivity index (χ1n) is 12.2. The number of benzene rings is 2. The summed E-state index contributed by atoms with van der Waals surface area (Å²) in [5.74, 6) is 1.63. The summed E-state index contributed by atoms with van der Waals surface area (Å²) in [7, 11) is 1.65. The van der Waals surface area contributed by atoms with Crippen LogP contribution in [0.15, 0.2) is 72.4 Å². The highest BCUT2D eigenvalue weighted by Gasteiger charge is 2.33. The molecule has 1 unspecified atom stereocenters. The molecule has 1 amide bonds. The summed E-state index contributed by atoms with van der Waals surface area (Å²) in [4.78, 5) is 24.9. The molecular formula is C28H30N4O3S. The summed E-state index contributed by atoms with van der Waals surface area (Å²) in [6.45, 7) is 2.50. The second kappa shape index (κ2) is 11.5. The molecule has 1 saturated heterocycles. The SMILES string of the molecule is COc1cccc(C(c2ccccn2)N(CCOc2ccc3ncsc3c2)C(=O)C2CCNCC2)c1. The average Bonchev–Trinajstić information content (AvgIpc) is 3.41. The molecule has 186 valence electrons. The smallest absolute Gasteiger partial charge is 0.226 e. The van der Waals surface area contributed by atoms with E-state index in [1.54, 1.807) is 24.6 Å². The van der Waals surface area contributed by atoms with E-state index in [4.69, 9.17) is 9.47 Å². The predicted octanol–water partition coefficient (Wildman–Crippen LogP) is 4.70. The first-order chi connectivity index (χ1) is 17.7. The number of fused-ring (bicyclic) bond motifs is 1. The molecule has 3 heterocycles. The second-order valence-electron chi connectivity index (χ2n) is 8.82. The highest BCUT2D eigenvalue weighted by Crippen LogP contribution is 2.32. The third-order valence-corrected chi connectivity index (χ3v) is 7.36. The number of aromatic nitrogens is 2. The average molecular weight is 503 g/mol. The van der Waals surface area contributed by atoms with E-state index in [1.807, 2.05) is 71.1 Å². The van der Waals surface area contributed by atoms with Crippen LogP contribution in [0, 0.1) is 5.92 Å². The fraction of sp³-hybridized carbons (Fsp3) is 0.321. The number of nitrogens with one attached hydrogen (secondary N) is 1. The topological polar surface area (TPSA) is 76.6 Å². The molecule has 1 N–H and O–H groups in total. The number of pyridine rings is 1. The Morgan fingerprint density at radius 3 is 2.78 bits per heavy atom. The van der Waals surface area contributed by atoms with Crippen LogP contribution in [0.5, 0.6) is 11.5 Å². The lowest BCUT2D eigenvalue weighted by atomic mass is 9.93. The molecule has 4 aromatic rings. The van der Waals surface area contributed by atoms with Gasteiger partial charge in [0, 0.05) is 12.1 Å². The third-order valence-electron chi connectivity index (χ3n) is 6.56. The van der Waals surface area contributed by atoms with Crippen LogP contribution in [0.3, 0.4) is 0 Å². The van der Waals surface area contributed by atoms with Crippen LogP contribution >= 0.6 is 11.3 Å². The summed E-state index contributed by atoms with van der Waals surface area (Å²) in [5.41, 5.74) is 4.57. The molecule has 36 heavy (non-hydrogen) atoms. The van der Waals surface area contributed by atoms with Crippen LogP contribution in [0.4, 0.5) is 0 Å². The third kappa shape index (κ3) is 5.50. The number of carbonyl (C=O) groups excluding carboxylic acids is 1. The second-order valence-corrected chi connectivity index (χ2v) is 9.71. The van der Waals surface area contributed by atoms with Crippen molar-refractivity contribution in [2.24, 2.45) is 5.92 Å². The highest BCUT2D eigenvalue weighted by molar-refractivity contribution is 7.16. The Balaban J connectivity index is 1.45. The van der Waals surface area contributed by atoms with Gasteiger partial charge in [0.2, 0.25) is 5.91 Å². The van der Waals surface area contributed by atoms with Gasteiger partial charge in [-0.1, -0.05) is 18.2 Å². The number of piperidine rings is 1. The van der Waals surface area contributed by atoms with Crippen molar-refractivity contribution < 1.29 is 14.3 Å². The lowest BCUT2D eigenvalue weighted by Crippen LogP contribution is -2.45. The number of amides is 1. The molecule has 1 fully saturated rings. The molecule has 0 aliphatic carbocycles. The van der Waals surface area contributed by atoms with Crippen molar-refractivity contribution in [2.45, 2.75) is 18.9 Å². The minimum Gasteiger partial charge on any atom is -0.497 e. The number of carbonyl (C=O) groups is 1. The standard InChI is InChI=1S/C28H30N4O3S/c1-34-22-6-4-5-21(17-22)27(25-7-2-3-12-30-25)32(28(33)20-10-13-29-14-11-20)15-16-35-23-8-9-24-26(18-23)36-19-31-24/h2-9,12,17-20,27,29H,10-11,13-16H2,1H3. The molecule has 0 saturated carbocycles. The number of hydrogen-bond donors (Lipinski definition) is 1. The maximum Gasteiger partial charge on any atom is 0.226 e. The zero-order valence-corrected chi connectivity index (χ0v) is 21.1. The molecule has 1 aliphatic rings. The summed E-state index contributed by atoms with van der Waals surface area (Å²) < 4.78 is 12.7. The van der Waals surface area contributed by atoms with Gasteiger partial charge in [0.25, 0.3) is 0 Å². The van der Waals surface area contributed by atoms with Gasteiger partial charge in [0.05, 0.1) is 41.1 Å². The van der Waals surface area contributed by atoms with E-state index in [2.05, 4.69) is 15.3 Å². The van der Waals surface area contributed by atoms with Gasteiger partial charge < -0.3 is 19.7 Å². The molecule has 0 bridgehead atoms. The van der Waals surface area contributed by atoms with Gasteiger partial charge in [0.15, 0.2) is 0 Å². The predicted molar refractivity (Wildman–Crippen MR) is 141 cm³/mol. The summed E-state index contributed by atoms with van der Waals surface area (Å²) in [6.07, 6.45) is 3.42. The Bertz CT molecular complexity index is 1290. The highest BCUT2D eigenvalue weighted by atomic mass is 32.1. The number of rotatable bonds is 9. The quantitative estimate of drug-likeness (QED) is 0.358. The molecule has 5 rings (SSSR count). The Morgan fingerprint density at radius 2 is 1.97 bits per heavy atom. The maximum atomic E-state index is 14.0. The van der Waals surface area contributed by atoms with Crippen LogP contribution in [0.25, 0.3) is 10.2 Å². The van der Waals surface area contributed by atoms with Crippen molar-refractivity contribution in [1.29, 1.82) is 0 Å². The fourth-order valence-electron chi connectivity index (χ4n) is 4.72. The van der Waals surface area contributed by atoms with E-state index >= 15 is 0 Å². The number of nitrogens with zero attached hydrogens (tertiary/aromatic N) is 3. The van der Waals surface area contributed by atoms with Crippen LogP contribution in [-0.2, 0) is 4.79 Å². The van der Waals surface area contributed by atoms with Gasteiger partial charge in [-0.05, 0) is 74.0 Å². The number of thiazole rings is 1. The first-order valence-corrected chi connectivity index (χ1v) is 13.1. The van der Waals surface area contributed by atoms with E-state index < -0.39 is 0 Å². The monoisotopic (exact) mass is 502 g/mol. The first kappa shape index (κ1) is 24.2. The molecule has 2 aromatic carbocycles. The molecule has 0 spiro atoms. The zero-order valence-electron chi connectivity index (χ0n) is 20.3. The largest absolute Gasteiger partial charge is 0.497 e. The van der Waals surface area contributed by atoms with Crippen molar-refractivity contribution in [2.75, 3.05) is 33.4 Å². The van der Waals surface area contributed by atoms with Crippen molar-refractivity contribution in [3.05, 3.63) is 83.6 Å². The van der Waals surface area contributed by atoms with E-state index in [1.165, 1.54) is 0 Å². The van der Waals surface area contributed by atoms with Gasteiger partial charge >= 0.3 is 0 Å². The lowest BCUT2D eigenvalue weighted by molar-refractivity contribution is -0.138. The lowest BCUT2D eigenvalue weighted by Gasteiger charge is -2.35. The Morgan fingerprint density at radius 1 is 1.08 bits per heavy atom. The Hall–Kier alpha value is -3.49. The molecule has 2 aromatic heterocycles. The number of ether oxygens (including phenoxy) is 2. The molecule has 7 nitrogen and oxygen atoms in total. The van der Waals surface area contributed by atoms with Crippen molar-refractivity contribution in [1.82, 2.24) is 20.2 Å². The van der Waals surface area contributed by atoms with E-state index in [-0.39, 0.29) is 17.9 Å². The molecule has 8 heteroatoms. The van der Waals surface area contributed by atoms with Crippen molar-refractivity contribution in [3.63, 3.8) is 0 Å². The van der Waals surface area contributed by atoms with Crippen molar-refractivity contribution >= 4 is 27.5 Å². The van der Waals surface area contributed by atoms with E-state index in [0.717, 1.165) is 58.9 Å². The fourth-order valence-corrected chi connectivity index (χ4v) is 5.42. The Kier molecular flexibility index (Phi) is 7.73. The molecule has 0 radical (unpaired) electrons. The van der Waals surface area contributed by atoms with Crippen LogP contribution in [0.2, 0.25) is 0 Å². The van der Waals surface area contributed by atoms with Gasteiger partial charge in [-0.15, -0.1) is 11.3 Å². The molecule has 1 aliphatic heterocycles. The van der Waals surface area contributed by atoms with Gasteiger partial charge in [0.1, 0.15) is 18.1 Å². The maximum absolute atomic E-state index is 14.0. The summed E-state index contributed by atoms with van der Waals surface area (Å²) >= 11 is 1.59. The van der Waals surface area contributed by atoms with Crippen LogP contribution in [-0.4, -0.2) is 54.1 Å². The minimum atomic E-state index is -0.351. The normalized spacial score (nSPS) is 14.9. The van der Waals surface area contributed by atoms with E-state index in [0.29, 0.717) is 13.2 Å². The van der Waals surface area contributed by atoms with E-state index in [9.17, 15) is 4.79 Å². The summed E-state index contributed by atoms with van der Waals surface area (Å²) in [6, 6.07) is 19.3. The molecular weight excluding hydrogens is 472 g/mol. The zero-order chi connectivity index (χ0) is 24.7. The van der Waals surface area contributed by atoms with Gasteiger partial charge in [-0.25, -0.2) is 4.98 Å². The summed E-state index contributed by atoms with van der Waals surface area (Å²) in [5, 5.41) is 3.36. The van der Waals surface area contributed by atoms with Crippen LogP contribution in [0.1, 0.15) is 30.1 Å². The number of methoxy groups -OCH3 is 1. The van der Waals surface area contributed by atoms with Gasteiger partial charge in [-0.3, -0.25) is 9.78 Å². The van der Waals surface area contributed by atoms with Crippen LogP contribution < -0.4 is 14.8 Å². The van der Waals surface area contributed by atoms with Crippen molar-refractivity contribution in [3.8, 4) is 11.5 Å². The minimum absolute atomic E-state index is 0.0309. The number of hydrogen-bond acceptors (Lipinski definition) is 7. The Labute approximate surface area is 215 Å². The van der Waals surface area contributed by atoms with Gasteiger partial charge in [-0.2, -0.15) is 0 Å².